The van der Waals surface area contributed by atoms with E-state index in [0.717, 1.165) is 16.8 Å². The number of amides is 1. The molecule has 0 atom stereocenters. The number of nitrogens with two attached hydrogens (primary N) is 1. The van der Waals surface area contributed by atoms with E-state index < -0.39 is 0 Å². The molecule has 4 N–H and O–H groups in total. The number of benzene rings is 1. The van der Waals surface area contributed by atoms with Gasteiger partial charge in [-0.15, -0.1) is 0 Å². The number of nitrogens with one attached hydrogen (secondary N) is 2. The zero-order valence-corrected chi connectivity index (χ0v) is 10.7. The molecule has 94 valence electrons. The fraction of sp³-hybridized carbons (Fsp3) is 0.231. The molecule has 5 heteroatoms. The van der Waals surface area contributed by atoms with Crippen molar-refractivity contribution in [1.29, 1.82) is 0 Å². The number of carbonyl (C=O) groups is 1. The summed E-state index contributed by atoms with van der Waals surface area (Å²) in [7, 11) is 0. The van der Waals surface area contributed by atoms with E-state index in [1.807, 2.05) is 32.9 Å². The van der Waals surface area contributed by atoms with Crippen molar-refractivity contribution in [2.75, 3.05) is 11.1 Å². The molecule has 0 spiro atoms. The van der Waals surface area contributed by atoms with Gasteiger partial charge in [-0.3, -0.25) is 9.89 Å². The maximum absolute atomic E-state index is 12.0. The fourth-order valence-corrected chi connectivity index (χ4v) is 2.04. The van der Waals surface area contributed by atoms with Gasteiger partial charge in [0, 0.05) is 5.69 Å². The standard InChI is InChI=1S/C13H16N4O/c1-7-4-8(2)11(9(3)5-7)16-13(18)10-6-15-17-12(10)14/h4-6H,1-3H3,(H,16,18)(H3,14,15,17). The topological polar surface area (TPSA) is 83.8 Å². The van der Waals surface area contributed by atoms with Crippen LogP contribution in [0.2, 0.25) is 0 Å². The molecule has 0 radical (unpaired) electrons. The molecule has 0 fully saturated rings. The highest BCUT2D eigenvalue weighted by Gasteiger charge is 2.14. The van der Waals surface area contributed by atoms with Gasteiger partial charge in [0.15, 0.2) is 0 Å². The van der Waals surface area contributed by atoms with Crippen LogP contribution < -0.4 is 11.1 Å². The number of anilines is 2. The van der Waals surface area contributed by atoms with Crippen LogP contribution in [0.15, 0.2) is 18.3 Å². The number of aromatic nitrogens is 2. The van der Waals surface area contributed by atoms with Crippen molar-refractivity contribution in [3.05, 3.63) is 40.6 Å². The van der Waals surface area contributed by atoms with E-state index in [1.165, 1.54) is 11.8 Å². The average molecular weight is 244 g/mol. The normalized spacial score (nSPS) is 10.4. The Morgan fingerprint density at radius 1 is 1.28 bits per heavy atom. The lowest BCUT2D eigenvalue weighted by Gasteiger charge is -2.12. The summed E-state index contributed by atoms with van der Waals surface area (Å²) in [5, 5.41) is 9.14. The van der Waals surface area contributed by atoms with E-state index in [2.05, 4.69) is 15.5 Å². The summed E-state index contributed by atoms with van der Waals surface area (Å²) in [6, 6.07) is 4.06. The minimum absolute atomic E-state index is 0.253. The third kappa shape index (κ3) is 2.20. The van der Waals surface area contributed by atoms with E-state index >= 15 is 0 Å². The van der Waals surface area contributed by atoms with Crippen molar-refractivity contribution < 1.29 is 4.79 Å². The summed E-state index contributed by atoms with van der Waals surface area (Å²) in [6.45, 7) is 5.96. The predicted octanol–water partition coefficient (Wildman–Crippen LogP) is 2.17. The first kappa shape index (κ1) is 12.2. The molecule has 1 heterocycles. The van der Waals surface area contributed by atoms with Crippen molar-refractivity contribution >= 4 is 17.4 Å². The number of rotatable bonds is 2. The molecule has 1 aromatic heterocycles. The number of aromatic amines is 1. The number of carbonyl (C=O) groups excluding carboxylic acids is 1. The van der Waals surface area contributed by atoms with Crippen LogP contribution >= 0.6 is 0 Å². The molecule has 2 rings (SSSR count). The number of aryl methyl sites for hydroxylation is 3. The SMILES string of the molecule is Cc1cc(C)c(NC(=O)c2cn[nH]c2N)c(C)c1. The molecule has 1 aromatic carbocycles. The lowest BCUT2D eigenvalue weighted by Crippen LogP contribution is -2.14. The zero-order valence-electron chi connectivity index (χ0n) is 10.7. The fourth-order valence-electron chi connectivity index (χ4n) is 2.04. The lowest BCUT2D eigenvalue weighted by molar-refractivity contribution is 0.102. The van der Waals surface area contributed by atoms with Crippen LogP contribution in [0, 0.1) is 20.8 Å². The van der Waals surface area contributed by atoms with Crippen LogP contribution in [-0.2, 0) is 0 Å². The summed E-state index contributed by atoms with van der Waals surface area (Å²) in [4.78, 5) is 12.0. The number of H-pyrrole nitrogens is 1. The highest BCUT2D eigenvalue weighted by atomic mass is 16.1. The van der Waals surface area contributed by atoms with E-state index in [0.29, 0.717) is 5.56 Å². The van der Waals surface area contributed by atoms with Gasteiger partial charge >= 0.3 is 0 Å². The van der Waals surface area contributed by atoms with Crippen LogP contribution in [0.1, 0.15) is 27.0 Å². The van der Waals surface area contributed by atoms with Crippen molar-refractivity contribution in [1.82, 2.24) is 10.2 Å². The van der Waals surface area contributed by atoms with Crippen LogP contribution in [0.4, 0.5) is 11.5 Å². The molecule has 2 aromatic rings. The van der Waals surface area contributed by atoms with Gasteiger partial charge in [-0.25, -0.2) is 0 Å². The molecule has 0 saturated carbocycles. The first-order valence-electron chi connectivity index (χ1n) is 5.67. The van der Waals surface area contributed by atoms with Gasteiger partial charge < -0.3 is 11.1 Å². The Kier molecular flexibility index (Phi) is 3.06. The van der Waals surface area contributed by atoms with Gasteiger partial charge in [0.1, 0.15) is 11.4 Å². The molecular weight excluding hydrogens is 228 g/mol. The Labute approximate surface area is 105 Å². The van der Waals surface area contributed by atoms with Crippen LogP contribution in [0.3, 0.4) is 0 Å². The Morgan fingerprint density at radius 2 is 1.89 bits per heavy atom. The molecular formula is C13H16N4O. The second-order valence-electron chi connectivity index (χ2n) is 4.43. The summed E-state index contributed by atoms with van der Waals surface area (Å²) >= 11 is 0. The Hall–Kier alpha value is -2.30. The Morgan fingerprint density at radius 3 is 2.39 bits per heavy atom. The van der Waals surface area contributed by atoms with Gasteiger partial charge in [-0.05, 0) is 31.9 Å². The van der Waals surface area contributed by atoms with Gasteiger partial charge in [0.25, 0.3) is 5.91 Å². The summed E-state index contributed by atoms with van der Waals surface area (Å²) in [6.07, 6.45) is 1.42. The van der Waals surface area contributed by atoms with Gasteiger partial charge in [-0.1, -0.05) is 17.7 Å². The smallest absolute Gasteiger partial charge is 0.261 e. The van der Waals surface area contributed by atoms with E-state index in [-0.39, 0.29) is 11.7 Å². The van der Waals surface area contributed by atoms with Crippen molar-refractivity contribution in [2.24, 2.45) is 0 Å². The molecule has 0 unspecified atom stereocenters. The first-order chi connectivity index (χ1) is 8.49. The lowest BCUT2D eigenvalue weighted by atomic mass is 10.0. The number of nitrogen functional groups attached to an aromatic ring is 1. The van der Waals surface area contributed by atoms with Crippen molar-refractivity contribution in [3.8, 4) is 0 Å². The van der Waals surface area contributed by atoms with Crippen molar-refractivity contribution in [2.45, 2.75) is 20.8 Å². The number of hydrogen-bond donors (Lipinski definition) is 3. The number of hydrogen-bond acceptors (Lipinski definition) is 3. The third-order valence-corrected chi connectivity index (χ3v) is 2.83. The van der Waals surface area contributed by atoms with Gasteiger partial charge in [-0.2, -0.15) is 5.10 Å². The monoisotopic (exact) mass is 244 g/mol. The molecule has 5 nitrogen and oxygen atoms in total. The van der Waals surface area contributed by atoms with Gasteiger partial charge in [0.05, 0.1) is 6.20 Å². The predicted molar refractivity (Wildman–Crippen MR) is 71.6 cm³/mol. The Bertz CT molecular complexity index is 578. The summed E-state index contributed by atoms with van der Waals surface area (Å²) in [5.74, 6) is 0.0196. The maximum atomic E-state index is 12.0. The average Bonchev–Trinajstić information content (AvgIpc) is 2.69. The molecule has 18 heavy (non-hydrogen) atoms. The van der Waals surface area contributed by atoms with Crippen molar-refractivity contribution in [3.63, 3.8) is 0 Å². The second kappa shape index (κ2) is 4.52. The minimum Gasteiger partial charge on any atom is -0.383 e. The highest BCUT2D eigenvalue weighted by Crippen LogP contribution is 2.23. The van der Waals surface area contributed by atoms with E-state index in [9.17, 15) is 4.79 Å². The molecule has 0 saturated heterocycles. The summed E-state index contributed by atoms with van der Waals surface area (Å²) < 4.78 is 0. The molecule has 0 aliphatic carbocycles. The maximum Gasteiger partial charge on any atom is 0.261 e. The van der Waals surface area contributed by atoms with Crippen LogP contribution in [0.5, 0.6) is 0 Å². The van der Waals surface area contributed by atoms with Crippen LogP contribution in [-0.4, -0.2) is 16.1 Å². The largest absolute Gasteiger partial charge is 0.383 e. The second-order valence-corrected chi connectivity index (χ2v) is 4.43. The van der Waals surface area contributed by atoms with E-state index in [4.69, 9.17) is 5.73 Å². The third-order valence-electron chi connectivity index (χ3n) is 2.83. The first-order valence-corrected chi connectivity index (χ1v) is 5.67. The molecule has 1 amide bonds. The molecule has 0 bridgehead atoms. The minimum atomic E-state index is -0.253. The molecule has 0 aliphatic rings. The quantitative estimate of drug-likeness (QED) is 0.757. The van der Waals surface area contributed by atoms with Crippen LogP contribution in [0.25, 0.3) is 0 Å². The highest BCUT2D eigenvalue weighted by molar-refractivity contribution is 6.07. The van der Waals surface area contributed by atoms with E-state index in [1.54, 1.807) is 0 Å². The zero-order chi connectivity index (χ0) is 13.3. The van der Waals surface area contributed by atoms with Gasteiger partial charge in [0.2, 0.25) is 0 Å². The summed E-state index contributed by atoms with van der Waals surface area (Å²) in [5.41, 5.74) is 10.0. The Balaban J connectivity index is 2.31. The number of nitrogens with zero attached hydrogens (tertiary/aromatic N) is 1. The molecule has 0 aliphatic heterocycles.